The first-order valence-corrected chi connectivity index (χ1v) is 9.31. The number of nitrogens with one attached hydrogen (secondary N) is 1. The standard InChI is InChI=1S/C24H20N2O3/c1-17-11-13-20(14-12-17)26-24(28)21(23(27)25-26)15-19-9-5-6-10-22(19)29-16-18-7-3-2-4-8-18/h2-15H,16H2,1H3,(H,25,27)/b21-15+. The highest BCUT2D eigenvalue weighted by molar-refractivity contribution is 6.31. The zero-order valence-corrected chi connectivity index (χ0v) is 16.0. The number of benzene rings is 3. The maximum absolute atomic E-state index is 12.8. The molecule has 3 aromatic rings. The van der Waals surface area contributed by atoms with Crippen LogP contribution >= 0.6 is 0 Å². The van der Waals surface area contributed by atoms with Crippen molar-refractivity contribution in [1.82, 2.24) is 5.43 Å². The summed E-state index contributed by atoms with van der Waals surface area (Å²) in [5, 5.41) is 1.26. The lowest BCUT2D eigenvalue weighted by Gasteiger charge is -2.14. The van der Waals surface area contributed by atoms with E-state index >= 15 is 0 Å². The van der Waals surface area contributed by atoms with Crippen LogP contribution in [0.2, 0.25) is 0 Å². The number of rotatable bonds is 5. The summed E-state index contributed by atoms with van der Waals surface area (Å²) in [7, 11) is 0. The quantitative estimate of drug-likeness (QED) is 0.534. The molecule has 3 aromatic carbocycles. The highest BCUT2D eigenvalue weighted by Crippen LogP contribution is 2.26. The summed E-state index contributed by atoms with van der Waals surface area (Å²) in [5.41, 5.74) is 6.10. The topological polar surface area (TPSA) is 58.6 Å². The van der Waals surface area contributed by atoms with Crippen LogP contribution in [0, 0.1) is 6.92 Å². The second-order valence-corrected chi connectivity index (χ2v) is 6.79. The highest BCUT2D eigenvalue weighted by atomic mass is 16.5. The van der Waals surface area contributed by atoms with Crippen LogP contribution in [0.1, 0.15) is 16.7 Å². The van der Waals surface area contributed by atoms with E-state index in [1.807, 2.05) is 73.7 Å². The van der Waals surface area contributed by atoms with Gasteiger partial charge in [-0.2, -0.15) is 0 Å². The molecule has 5 nitrogen and oxygen atoms in total. The van der Waals surface area contributed by atoms with Gasteiger partial charge in [-0.05, 0) is 36.8 Å². The van der Waals surface area contributed by atoms with Gasteiger partial charge in [0, 0.05) is 5.56 Å². The average molecular weight is 384 g/mol. The summed E-state index contributed by atoms with van der Waals surface area (Å²) in [6.45, 7) is 2.36. The molecule has 1 aliphatic rings. The Balaban J connectivity index is 1.58. The number of ether oxygens (including phenoxy) is 1. The van der Waals surface area contributed by atoms with Gasteiger partial charge in [-0.3, -0.25) is 15.0 Å². The Bertz CT molecular complexity index is 1070. The molecule has 144 valence electrons. The monoisotopic (exact) mass is 384 g/mol. The Kier molecular flexibility index (Phi) is 5.12. The molecule has 0 bridgehead atoms. The lowest BCUT2D eigenvalue weighted by atomic mass is 10.1. The molecule has 0 atom stereocenters. The third-order valence-electron chi connectivity index (χ3n) is 4.64. The zero-order valence-electron chi connectivity index (χ0n) is 16.0. The van der Waals surface area contributed by atoms with Crippen molar-refractivity contribution in [2.24, 2.45) is 0 Å². The molecule has 0 aromatic heterocycles. The average Bonchev–Trinajstić information content (AvgIpc) is 3.03. The lowest BCUT2D eigenvalue weighted by Crippen LogP contribution is -2.35. The fourth-order valence-electron chi connectivity index (χ4n) is 3.06. The largest absolute Gasteiger partial charge is 0.488 e. The van der Waals surface area contributed by atoms with Crippen molar-refractivity contribution in [3.63, 3.8) is 0 Å². The SMILES string of the molecule is Cc1ccc(N2NC(=O)/C(=C\c3ccccc3OCc3ccccc3)C2=O)cc1. The number of hydrogen-bond donors (Lipinski definition) is 1. The van der Waals surface area contributed by atoms with Crippen LogP contribution in [0.5, 0.6) is 5.75 Å². The molecule has 1 saturated heterocycles. The van der Waals surface area contributed by atoms with Crippen LogP contribution in [-0.2, 0) is 16.2 Å². The summed E-state index contributed by atoms with van der Waals surface area (Å²) < 4.78 is 5.93. The van der Waals surface area contributed by atoms with Gasteiger partial charge in [-0.1, -0.05) is 66.2 Å². The van der Waals surface area contributed by atoms with Gasteiger partial charge in [0.1, 0.15) is 17.9 Å². The molecule has 0 unspecified atom stereocenters. The molecular formula is C24H20N2O3. The van der Waals surface area contributed by atoms with E-state index in [-0.39, 0.29) is 5.57 Å². The fraction of sp³-hybridized carbons (Fsp3) is 0.0833. The first-order valence-electron chi connectivity index (χ1n) is 9.31. The van der Waals surface area contributed by atoms with Gasteiger partial charge in [0.15, 0.2) is 0 Å². The molecule has 0 radical (unpaired) electrons. The van der Waals surface area contributed by atoms with E-state index in [0.717, 1.165) is 11.1 Å². The minimum atomic E-state index is -0.437. The molecule has 1 N–H and O–H groups in total. The van der Waals surface area contributed by atoms with Crippen molar-refractivity contribution in [3.05, 3.63) is 101 Å². The van der Waals surface area contributed by atoms with E-state index in [1.165, 1.54) is 5.01 Å². The third-order valence-corrected chi connectivity index (χ3v) is 4.64. The van der Waals surface area contributed by atoms with E-state index in [0.29, 0.717) is 23.6 Å². The normalized spacial score (nSPS) is 14.9. The lowest BCUT2D eigenvalue weighted by molar-refractivity contribution is -0.117. The Morgan fingerprint density at radius 1 is 0.897 bits per heavy atom. The number of hydrogen-bond acceptors (Lipinski definition) is 3. The van der Waals surface area contributed by atoms with Gasteiger partial charge in [0.2, 0.25) is 0 Å². The zero-order chi connectivity index (χ0) is 20.2. The number of anilines is 1. The Morgan fingerprint density at radius 3 is 2.34 bits per heavy atom. The Labute approximate surface area is 169 Å². The first-order chi connectivity index (χ1) is 14.1. The molecule has 0 saturated carbocycles. The second kappa shape index (κ2) is 8.02. The van der Waals surface area contributed by atoms with Crippen molar-refractivity contribution in [3.8, 4) is 5.75 Å². The minimum Gasteiger partial charge on any atom is -0.488 e. The van der Waals surface area contributed by atoms with Crippen LogP contribution in [0.4, 0.5) is 5.69 Å². The van der Waals surface area contributed by atoms with E-state index in [1.54, 1.807) is 18.2 Å². The Morgan fingerprint density at radius 2 is 1.59 bits per heavy atom. The van der Waals surface area contributed by atoms with E-state index in [4.69, 9.17) is 4.74 Å². The molecule has 5 heteroatoms. The first kappa shape index (κ1) is 18.5. The molecule has 2 amide bonds. The van der Waals surface area contributed by atoms with Crippen molar-refractivity contribution >= 4 is 23.6 Å². The van der Waals surface area contributed by atoms with Crippen molar-refractivity contribution in [2.45, 2.75) is 13.5 Å². The number of nitrogens with zero attached hydrogens (tertiary/aromatic N) is 1. The van der Waals surface area contributed by atoms with Gasteiger partial charge < -0.3 is 4.74 Å². The van der Waals surface area contributed by atoms with Crippen LogP contribution < -0.4 is 15.2 Å². The van der Waals surface area contributed by atoms with Crippen molar-refractivity contribution in [2.75, 3.05) is 5.01 Å². The molecule has 0 aliphatic carbocycles. The molecular weight excluding hydrogens is 364 g/mol. The molecule has 1 fully saturated rings. The summed E-state index contributed by atoms with van der Waals surface area (Å²) in [6, 6.07) is 24.5. The van der Waals surface area contributed by atoms with Crippen LogP contribution in [0.15, 0.2) is 84.4 Å². The van der Waals surface area contributed by atoms with Gasteiger partial charge in [0.05, 0.1) is 5.69 Å². The predicted octanol–water partition coefficient (Wildman–Crippen LogP) is 4.04. The summed E-state index contributed by atoms with van der Waals surface area (Å²) in [6.07, 6.45) is 1.58. The van der Waals surface area contributed by atoms with Gasteiger partial charge >= 0.3 is 0 Å². The smallest absolute Gasteiger partial charge is 0.282 e. The molecule has 0 spiro atoms. The van der Waals surface area contributed by atoms with Crippen LogP contribution in [-0.4, -0.2) is 11.8 Å². The second-order valence-electron chi connectivity index (χ2n) is 6.79. The number of hydrazine groups is 1. The number of carbonyl (C=O) groups excluding carboxylic acids is 2. The number of para-hydroxylation sites is 1. The maximum Gasteiger partial charge on any atom is 0.282 e. The van der Waals surface area contributed by atoms with Crippen LogP contribution in [0.25, 0.3) is 6.08 Å². The predicted molar refractivity (Wildman–Crippen MR) is 112 cm³/mol. The van der Waals surface area contributed by atoms with Crippen LogP contribution in [0.3, 0.4) is 0 Å². The minimum absolute atomic E-state index is 0.0707. The van der Waals surface area contributed by atoms with E-state index in [2.05, 4.69) is 5.43 Å². The third kappa shape index (κ3) is 4.04. The van der Waals surface area contributed by atoms with Gasteiger partial charge in [-0.25, -0.2) is 5.01 Å². The van der Waals surface area contributed by atoms with Gasteiger partial charge in [0.25, 0.3) is 11.8 Å². The summed E-state index contributed by atoms with van der Waals surface area (Å²) in [4.78, 5) is 25.3. The summed E-state index contributed by atoms with van der Waals surface area (Å²) >= 11 is 0. The fourth-order valence-corrected chi connectivity index (χ4v) is 3.06. The van der Waals surface area contributed by atoms with Crippen molar-refractivity contribution in [1.29, 1.82) is 0 Å². The maximum atomic E-state index is 12.8. The molecule has 29 heavy (non-hydrogen) atoms. The number of carbonyl (C=O) groups is 2. The summed E-state index contributed by atoms with van der Waals surface area (Å²) in [5.74, 6) is -0.219. The number of aryl methyl sites for hydroxylation is 1. The van der Waals surface area contributed by atoms with E-state index in [9.17, 15) is 9.59 Å². The van der Waals surface area contributed by atoms with E-state index < -0.39 is 11.8 Å². The van der Waals surface area contributed by atoms with Gasteiger partial charge in [-0.15, -0.1) is 0 Å². The Hall–Kier alpha value is -3.86. The highest BCUT2D eigenvalue weighted by Gasteiger charge is 2.34. The molecule has 1 aliphatic heterocycles. The van der Waals surface area contributed by atoms with Crippen molar-refractivity contribution < 1.29 is 14.3 Å². The number of amides is 2. The molecule has 1 heterocycles. The molecule has 4 rings (SSSR count).